The summed E-state index contributed by atoms with van der Waals surface area (Å²) in [6, 6.07) is 2.54. The van der Waals surface area contributed by atoms with Crippen molar-refractivity contribution in [2.75, 3.05) is 5.73 Å². The second-order valence-electron chi connectivity index (χ2n) is 3.18. The zero-order valence-corrected chi connectivity index (χ0v) is 12.6. The van der Waals surface area contributed by atoms with E-state index in [1.807, 2.05) is 0 Å². The summed E-state index contributed by atoms with van der Waals surface area (Å²) in [5, 5.41) is -0.00417. The quantitative estimate of drug-likeness (QED) is 0.773. The van der Waals surface area contributed by atoms with Gasteiger partial charge in [-0.15, -0.1) is 0 Å². The van der Waals surface area contributed by atoms with Crippen molar-refractivity contribution in [2.24, 2.45) is 0 Å². The molecule has 94 valence electrons. The summed E-state index contributed by atoms with van der Waals surface area (Å²) < 4.78 is 19.7. The van der Waals surface area contributed by atoms with Crippen LogP contribution in [0.3, 0.4) is 0 Å². The Morgan fingerprint density at radius 1 is 1.28 bits per heavy atom. The van der Waals surface area contributed by atoms with E-state index in [0.717, 1.165) is 6.07 Å². The van der Waals surface area contributed by atoms with Crippen molar-refractivity contribution in [1.29, 1.82) is 0 Å². The van der Waals surface area contributed by atoms with Gasteiger partial charge in [0.05, 0.1) is 9.50 Å². The smallest absolute Gasteiger partial charge is 0.238 e. The summed E-state index contributed by atoms with van der Waals surface area (Å²) in [4.78, 5) is 7.66. The van der Waals surface area contributed by atoms with Crippen LogP contribution in [-0.4, -0.2) is 9.97 Å². The maximum Gasteiger partial charge on any atom is 0.238 e. The van der Waals surface area contributed by atoms with Crippen molar-refractivity contribution < 1.29 is 9.13 Å². The maximum atomic E-state index is 13.3. The molecule has 2 rings (SSSR count). The Kier molecular flexibility index (Phi) is 4.04. The van der Waals surface area contributed by atoms with E-state index in [4.69, 9.17) is 22.1 Å². The standard InChI is InChI=1S/C10H5Br2ClFN3O/c11-4-1-5(13)6(14)2-7(4)18-10-8(12)9(15)16-3-17-10/h1-3H,(H2,15,16,17). The fourth-order valence-electron chi connectivity index (χ4n) is 1.12. The lowest BCUT2D eigenvalue weighted by molar-refractivity contribution is 0.451. The average molecular weight is 397 g/mol. The van der Waals surface area contributed by atoms with Crippen LogP contribution in [0.15, 0.2) is 27.4 Å². The van der Waals surface area contributed by atoms with Gasteiger partial charge in [-0.05, 0) is 37.9 Å². The van der Waals surface area contributed by atoms with Crippen LogP contribution >= 0.6 is 43.5 Å². The fourth-order valence-corrected chi connectivity index (χ4v) is 2.13. The van der Waals surface area contributed by atoms with Gasteiger partial charge in [0.15, 0.2) is 0 Å². The van der Waals surface area contributed by atoms with Crippen LogP contribution in [0.5, 0.6) is 11.6 Å². The third kappa shape index (κ3) is 2.73. The van der Waals surface area contributed by atoms with E-state index in [0.29, 0.717) is 8.95 Å². The Morgan fingerprint density at radius 3 is 2.72 bits per heavy atom. The largest absolute Gasteiger partial charge is 0.436 e. The summed E-state index contributed by atoms with van der Waals surface area (Å²) in [7, 11) is 0. The normalized spacial score (nSPS) is 10.4. The Morgan fingerprint density at radius 2 is 2.00 bits per heavy atom. The Labute approximate surface area is 124 Å². The highest BCUT2D eigenvalue weighted by Gasteiger charge is 2.13. The van der Waals surface area contributed by atoms with Crippen LogP contribution in [0.1, 0.15) is 0 Å². The van der Waals surface area contributed by atoms with Crippen LogP contribution in [0, 0.1) is 5.82 Å². The molecule has 0 aliphatic carbocycles. The summed E-state index contributed by atoms with van der Waals surface area (Å²) in [6.07, 6.45) is 1.25. The second kappa shape index (κ2) is 5.38. The molecule has 0 aliphatic heterocycles. The number of hydrogen-bond acceptors (Lipinski definition) is 4. The highest BCUT2D eigenvalue weighted by molar-refractivity contribution is 9.11. The first-order valence-corrected chi connectivity index (χ1v) is 6.54. The van der Waals surface area contributed by atoms with E-state index < -0.39 is 5.82 Å². The average Bonchev–Trinajstić information content (AvgIpc) is 2.32. The number of aromatic nitrogens is 2. The van der Waals surface area contributed by atoms with Crippen molar-refractivity contribution >= 4 is 49.3 Å². The molecule has 1 aromatic carbocycles. The molecule has 1 heterocycles. The van der Waals surface area contributed by atoms with E-state index in [2.05, 4.69) is 41.8 Å². The molecule has 0 unspecified atom stereocenters. The molecule has 2 aromatic rings. The lowest BCUT2D eigenvalue weighted by Gasteiger charge is -2.09. The van der Waals surface area contributed by atoms with Gasteiger partial charge in [-0.1, -0.05) is 11.6 Å². The zero-order valence-electron chi connectivity index (χ0n) is 8.62. The molecule has 0 aliphatic rings. The minimum atomic E-state index is -0.590. The number of hydrogen-bond donors (Lipinski definition) is 1. The van der Waals surface area contributed by atoms with E-state index in [1.165, 1.54) is 12.4 Å². The highest BCUT2D eigenvalue weighted by atomic mass is 79.9. The number of nitrogens with zero attached hydrogens (tertiary/aromatic N) is 2. The molecule has 0 spiro atoms. The minimum Gasteiger partial charge on any atom is -0.436 e. The predicted molar refractivity (Wildman–Crippen MR) is 73.3 cm³/mol. The predicted octanol–water partition coefficient (Wildman–Crippen LogP) is 4.17. The minimum absolute atomic E-state index is 0.00417. The molecule has 0 atom stereocenters. The summed E-state index contributed by atoms with van der Waals surface area (Å²) in [5.74, 6) is 0.0548. The van der Waals surface area contributed by atoms with Gasteiger partial charge in [0.25, 0.3) is 0 Å². The monoisotopic (exact) mass is 395 g/mol. The molecule has 0 amide bonds. The van der Waals surface area contributed by atoms with E-state index in [9.17, 15) is 4.39 Å². The molecule has 2 N–H and O–H groups in total. The van der Waals surface area contributed by atoms with E-state index in [-0.39, 0.29) is 22.5 Å². The van der Waals surface area contributed by atoms with Crippen molar-refractivity contribution in [2.45, 2.75) is 0 Å². The number of nitrogen functional groups attached to an aromatic ring is 1. The van der Waals surface area contributed by atoms with Gasteiger partial charge in [0, 0.05) is 6.07 Å². The van der Waals surface area contributed by atoms with Crippen molar-refractivity contribution in [3.63, 3.8) is 0 Å². The molecule has 0 bridgehead atoms. The van der Waals surface area contributed by atoms with Gasteiger partial charge in [-0.2, -0.15) is 0 Å². The lowest BCUT2D eigenvalue weighted by Crippen LogP contribution is -1.97. The Bertz CT molecular complexity index is 612. The van der Waals surface area contributed by atoms with Gasteiger partial charge in [0.2, 0.25) is 5.88 Å². The fraction of sp³-hybridized carbons (Fsp3) is 0. The van der Waals surface area contributed by atoms with Crippen LogP contribution in [0.25, 0.3) is 0 Å². The Balaban J connectivity index is 2.40. The van der Waals surface area contributed by atoms with E-state index >= 15 is 0 Å². The van der Waals surface area contributed by atoms with Gasteiger partial charge in [-0.25, -0.2) is 14.4 Å². The van der Waals surface area contributed by atoms with Crippen LogP contribution in [0.2, 0.25) is 5.02 Å². The highest BCUT2D eigenvalue weighted by Crippen LogP contribution is 2.36. The number of nitrogens with two attached hydrogens (primary N) is 1. The molecule has 4 nitrogen and oxygen atoms in total. The van der Waals surface area contributed by atoms with Crippen LogP contribution < -0.4 is 10.5 Å². The van der Waals surface area contributed by atoms with Gasteiger partial charge in [0.1, 0.15) is 28.2 Å². The first-order valence-electron chi connectivity index (χ1n) is 4.57. The Hall–Kier alpha value is -0.920. The molecular formula is C10H5Br2ClFN3O. The molecule has 0 radical (unpaired) electrons. The molecule has 0 saturated heterocycles. The number of benzene rings is 1. The van der Waals surface area contributed by atoms with Crippen molar-refractivity contribution in [3.8, 4) is 11.6 Å². The first kappa shape index (κ1) is 13.5. The number of halogens is 4. The topological polar surface area (TPSA) is 61.0 Å². The SMILES string of the molecule is Nc1ncnc(Oc2cc(F)c(Cl)cc2Br)c1Br. The molecular weight excluding hydrogens is 392 g/mol. The third-order valence-electron chi connectivity index (χ3n) is 1.97. The van der Waals surface area contributed by atoms with E-state index in [1.54, 1.807) is 0 Å². The molecule has 18 heavy (non-hydrogen) atoms. The lowest BCUT2D eigenvalue weighted by atomic mass is 10.3. The first-order chi connectivity index (χ1) is 8.49. The van der Waals surface area contributed by atoms with Gasteiger partial charge in [-0.3, -0.25) is 0 Å². The number of rotatable bonds is 2. The second-order valence-corrected chi connectivity index (χ2v) is 5.23. The maximum absolute atomic E-state index is 13.3. The van der Waals surface area contributed by atoms with Gasteiger partial charge >= 0.3 is 0 Å². The van der Waals surface area contributed by atoms with Crippen molar-refractivity contribution in [3.05, 3.63) is 38.2 Å². The summed E-state index contributed by atoms with van der Waals surface area (Å²) in [5.41, 5.74) is 5.58. The summed E-state index contributed by atoms with van der Waals surface area (Å²) in [6.45, 7) is 0. The molecule has 0 saturated carbocycles. The molecule has 0 fully saturated rings. The van der Waals surface area contributed by atoms with Crippen LogP contribution in [0.4, 0.5) is 10.2 Å². The number of anilines is 1. The zero-order chi connectivity index (χ0) is 13.3. The van der Waals surface area contributed by atoms with Gasteiger partial charge < -0.3 is 10.5 Å². The number of ether oxygens (including phenoxy) is 1. The molecule has 1 aromatic heterocycles. The third-order valence-corrected chi connectivity index (χ3v) is 3.62. The van der Waals surface area contributed by atoms with Crippen LogP contribution in [-0.2, 0) is 0 Å². The molecule has 8 heteroatoms. The summed E-state index contributed by atoms with van der Waals surface area (Å²) >= 11 is 12.0. The van der Waals surface area contributed by atoms with Crippen molar-refractivity contribution in [1.82, 2.24) is 9.97 Å².